The van der Waals surface area contributed by atoms with Crippen LogP contribution < -0.4 is 10.2 Å². The molecule has 7 heteroatoms. The summed E-state index contributed by atoms with van der Waals surface area (Å²) in [5.41, 5.74) is 0.893. The van der Waals surface area contributed by atoms with Crippen LogP contribution >= 0.6 is 11.6 Å². The van der Waals surface area contributed by atoms with Crippen molar-refractivity contribution in [3.63, 3.8) is 0 Å². The van der Waals surface area contributed by atoms with Crippen molar-refractivity contribution in [3.8, 4) is 0 Å². The Morgan fingerprint density at radius 3 is 2.24 bits per heavy atom. The molecule has 0 bridgehead atoms. The maximum absolute atomic E-state index is 14.0. The van der Waals surface area contributed by atoms with E-state index in [1.807, 2.05) is 18.7 Å². The van der Waals surface area contributed by atoms with E-state index in [2.05, 4.69) is 5.32 Å². The number of nitrogens with zero attached hydrogens (tertiary/aromatic N) is 2. The zero-order valence-corrected chi connectivity index (χ0v) is 17.3. The van der Waals surface area contributed by atoms with Crippen molar-refractivity contribution in [2.24, 2.45) is 5.92 Å². The summed E-state index contributed by atoms with van der Waals surface area (Å²) >= 11 is 6.11. The molecule has 1 aliphatic rings. The highest BCUT2D eigenvalue weighted by molar-refractivity contribution is 6.33. The van der Waals surface area contributed by atoms with Gasteiger partial charge >= 0.3 is 0 Å². The summed E-state index contributed by atoms with van der Waals surface area (Å²) in [6.07, 6.45) is 0. The van der Waals surface area contributed by atoms with Gasteiger partial charge in [0.05, 0.1) is 16.3 Å². The van der Waals surface area contributed by atoms with Crippen molar-refractivity contribution in [1.29, 1.82) is 0 Å². The van der Waals surface area contributed by atoms with Crippen molar-refractivity contribution in [3.05, 3.63) is 64.9 Å². The largest absolute Gasteiger partial charge is 0.366 e. The van der Waals surface area contributed by atoms with Gasteiger partial charge in [0.2, 0.25) is 5.91 Å². The quantitative estimate of drug-likeness (QED) is 0.809. The van der Waals surface area contributed by atoms with Gasteiger partial charge in [-0.3, -0.25) is 9.59 Å². The van der Waals surface area contributed by atoms with Crippen LogP contribution in [0.2, 0.25) is 5.02 Å². The van der Waals surface area contributed by atoms with Gasteiger partial charge in [-0.15, -0.1) is 0 Å². The molecule has 0 spiro atoms. The Labute approximate surface area is 175 Å². The third kappa shape index (κ3) is 4.88. The molecular weight excluding hydrogens is 393 g/mol. The van der Waals surface area contributed by atoms with Crippen molar-refractivity contribution >= 4 is 29.1 Å². The molecular formula is C22H25ClFN3O2. The maximum atomic E-state index is 14.0. The van der Waals surface area contributed by atoms with Crippen LogP contribution in [0.25, 0.3) is 0 Å². The molecule has 2 aromatic carbocycles. The standard InChI is InChI=1S/C22H25ClFN3O2/c1-15(2)20(25-21(28)16-7-3-4-8-17(16)23)22(29)27-13-11-26(12-14-27)19-10-6-5-9-18(19)24/h3-10,15,20H,11-14H2,1-2H3,(H,25,28)/t20-/m0/s1. The number of halogens is 2. The first kappa shape index (κ1) is 21.1. The highest BCUT2D eigenvalue weighted by Crippen LogP contribution is 2.21. The SMILES string of the molecule is CC(C)[C@H](NC(=O)c1ccccc1Cl)C(=O)N1CCN(c2ccccc2F)CC1. The molecule has 2 aromatic rings. The van der Waals surface area contributed by atoms with Crippen LogP contribution in [0, 0.1) is 11.7 Å². The minimum atomic E-state index is -0.654. The number of benzene rings is 2. The topological polar surface area (TPSA) is 52.7 Å². The Kier molecular flexibility index (Phi) is 6.75. The van der Waals surface area contributed by atoms with Crippen molar-refractivity contribution in [2.75, 3.05) is 31.1 Å². The van der Waals surface area contributed by atoms with Gasteiger partial charge in [0, 0.05) is 26.2 Å². The summed E-state index contributed by atoms with van der Waals surface area (Å²) in [4.78, 5) is 29.4. The predicted molar refractivity (Wildman–Crippen MR) is 113 cm³/mol. The third-order valence-electron chi connectivity index (χ3n) is 5.12. The molecule has 0 radical (unpaired) electrons. The van der Waals surface area contributed by atoms with Crippen molar-refractivity contribution < 1.29 is 14.0 Å². The molecule has 1 fully saturated rings. The van der Waals surface area contributed by atoms with Gasteiger partial charge in [-0.05, 0) is 30.2 Å². The molecule has 0 saturated carbocycles. The minimum Gasteiger partial charge on any atom is -0.366 e. The van der Waals surface area contributed by atoms with E-state index in [-0.39, 0.29) is 23.5 Å². The number of hydrogen-bond acceptors (Lipinski definition) is 3. The third-order valence-corrected chi connectivity index (χ3v) is 5.45. The molecule has 1 aliphatic heterocycles. The monoisotopic (exact) mass is 417 g/mol. The lowest BCUT2D eigenvalue weighted by Crippen LogP contribution is -2.56. The summed E-state index contributed by atoms with van der Waals surface area (Å²) in [5, 5.41) is 3.18. The highest BCUT2D eigenvalue weighted by atomic mass is 35.5. The van der Waals surface area contributed by atoms with Crippen LogP contribution in [0.4, 0.5) is 10.1 Å². The second kappa shape index (κ2) is 9.27. The maximum Gasteiger partial charge on any atom is 0.253 e. The van der Waals surface area contributed by atoms with Crippen molar-refractivity contribution in [1.82, 2.24) is 10.2 Å². The molecule has 0 aliphatic carbocycles. The van der Waals surface area contributed by atoms with E-state index in [4.69, 9.17) is 11.6 Å². The zero-order chi connectivity index (χ0) is 21.0. The summed E-state index contributed by atoms with van der Waals surface area (Å²) in [6.45, 7) is 5.80. The minimum absolute atomic E-state index is 0.0847. The first-order chi connectivity index (χ1) is 13.9. The zero-order valence-electron chi connectivity index (χ0n) is 16.6. The summed E-state index contributed by atoms with van der Waals surface area (Å²) < 4.78 is 14.0. The molecule has 154 valence electrons. The molecule has 3 rings (SSSR count). The Bertz CT molecular complexity index is 882. The predicted octanol–water partition coefficient (Wildman–Crippen LogP) is 3.58. The van der Waals surface area contributed by atoms with E-state index in [1.54, 1.807) is 47.4 Å². The first-order valence-electron chi connectivity index (χ1n) is 9.72. The second-order valence-corrected chi connectivity index (χ2v) is 7.85. The van der Waals surface area contributed by atoms with E-state index in [0.717, 1.165) is 0 Å². The first-order valence-corrected chi connectivity index (χ1v) is 10.1. The van der Waals surface area contributed by atoms with Crippen molar-refractivity contribution in [2.45, 2.75) is 19.9 Å². The molecule has 0 unspecified atom stereocenters. The van der Waals surface area contributed by atoms with Gasteiger partial charge in [-0.1, -0.05) is 49.7 Å². The molecule has 1 saturated heterocycles. The lowest BCUT2D eigenvalue weighted by atomic mass is 10.0. The fourth-order valence-electron chi connectivity index (χ4n) is 3.45. The number of anilines is 1. The van der Waals surface area contributed by atoms with Crippen LogP contribution in [0.5, 0.6) is 0 Å². The summed E-state index contributed by atoms with van der Waals surface area (Å²) in [5.74, 6) is -0.848. The fraction of sp³-hybridized carbons (Fsp3) is 0.364. The Hall–Kier alpha value is -2.60. The lowest BCUT2D eigenvalue weighted by Gasteiger charge is -2.38. The van der Waals surface area contributed by atoms with Crippen LogP contribution in [0.3, 0.4) is 0 Å². The molecule has 5 nitrogen and oxygen atoms in total. The normalized spacial score (nSPS) is 15.3. The van der Waals surface area contributed by atoms with Crippen LogP contribution in [0.1, 0.15) is 24.2 Å². The number of carbonyl (C=O) groups is 2. The molecule has 1 N–H and O–H groups in total. The number of amides is 2. The van der Waals surface area contributed by atoms with Gasteiger partial charge < -0.3 is 15.1 Å². The van der Waals surface area contributed by atoms with Gasteiger partial charge in [0.25, 0.3) is 5.91 Å². The number of piperazine rings is 1. The number of para-hydroxylation sites is 1. The number of nitrogens with one attached hydrogen (secondary N) is 1. The Morgan fingerprint density at radius 2 is 1.62 bits per heavy atom. The lowest BCUT2D eigenvalue weighted by molar-refractivity contribution is -0.134. The molecule has 2 amide bonds. The average Bonchev–Trinajstić information content (AvgIpc) is 2.72. The van der Waals surface area contributed by atoms with Gasteiger partial charge in [0.15, 0.2) is 0 Å². The van der Waals surface area contributed by atoms with Gasteiger partial charge in [0.1, 0.15) is 11.9 Å². The number of hydrogen-bond donors (Lipinski definition) is 1. The van der Waals surface area contributed by atoms with Gasteiger partial charge in [-0.2, -0.15) is 0 Å². The molecule has 1 heterocycles. The van der Waals surface area contributed by atoms with E-state index in [9.17, 15) is 14.0 Å². The Morgan fingerprint density at radius 1 is 1.00 bits per heavy atom. The van der Waals surface area contributed by atoms with Crippen LogP contribution in [-0.2, 0) is 4.79 Å². The van der Waals surface area contributed by atoms with E-state index < -0.39 is 6.04 Å². The second-order valence-electron chi connectivity index (χ2n) is 7.44. The highest BCUT2D eigenvalue weighted by Gasteiger charge is 2.31. The number of rotatable bonds is 5. The molecule has 0 aromatic heterocycles. The average molecular weight is 418 g/mol. The van der Waals surface area contributed by atoms with Gasteiger partial charge in [-0.25, -0.2) is 4.39 Å². The summed E-state index contributed by atoms with van der Waals surface area (Å²) in [7, 11) is 0. The fourth-order valence-corrected chi connectivity index (χ4v) is 3.67. The van der Waals surface area contributed by atoms with E-state index in [1.165, 1.54) is 6.07 Å². The van der Waals surface area contributed by atoms with Crippen LogP contribution in [-0.4, -0.2) is 48.9 Å². The van der Waals surface area contributed by atoms with E-state index >= 15 is 0 Å². The summed E-state index contributed by atoms with van der Waals surface area (Å²) in [6, 6.07) is 12.7. The molecule has 29 heavy (non-hydrogen) atoms. The van der Waals surface area contributed by atoms with E-state index in [0.29, 0.717) is 42.5 Å². The number of carbonyl (C=O) groups excluding carboxylic acids is 2. The smallest absolute Gasteiger partial charge is 0.253 e. The molecule has 1 atom stereocenters. The Balaban J connectivity index is 1.65. The van der Waals surface area contributed by atoms with Crippen LogP contribution in [0.15, 0.2) is 48.5 Å².